The number of imidazole rings is 1. The summed E-state index contributed by atoms with van der Waals surface area (Å²) in [7, 11) is 0. The predicted octanol–water partition coefficient (Wildman–Crippen LogP) is 4.97. The second kappa shape index (κ2) is 8.91. The van der Waals surface area contributed by atoms with Crippen LogP contribution in [0.25, 0.3) is 27.7 Å². The van der Waals surface area contributed by atoms with Gasteiger partial charge in [0.1, 0.15) is 5.65 Å². The summed E-state index contributed by atoms with van der Waals surface area (Å²) in [6.07, 6.45) is 16.4. The molecule has 0 atom stereocenters. The number of hydrogen-bond donors (Lipinski definition) is 0. The first-order chi connectivity index (χ1) is 18.6. The molecule has 0 unspecified atom stereocenters. The Kier molecular flexibility index (Phi) is 5.36. The van der Waals surface area contributed by atoms with Crippen LogP contribution >= 0.6 is 0 Å². The van der Waals surface area contributed by atoms with Gasteiger partial charge in [-0.15, -0.1) is 6.42 Å². The fourth-order valence-corrected chi connectivity index (χ4v) is 6.45. The predicted molar refractivity (Wildman–Crippen MR) is 147 cm³/mol. The number of pyridine rings is 1. The molecule has 38 heavy (non-hydrogen) atoms. The molecule has 7 heteroatoms. The van der Waals surface area contributed by atoms with Gasteiger partial charge in [-0.3, -0.25) is 9.20 Å². The fraction of sp³-hybridized carbons (Fsp3) is 0.323. The van der Waals surface area contributed by atoms with E-state index in [4.69, 9.17) is 6.42 Å². The smallest absolute Gasteiger partial charge is 0.320 e. The van der Waals surface area contributed by atoms with Crippen LogP contribution in [-0.4, -0.2) is 55.2 Å². The number of amides is 2. The lowest BCUT2D eigenvalue weighted by molar-refractivity contribution is -0.113. The number of aromatic nitrogens is 3. The van der Waals surface area contributed by atoms with Crippen LogP contribution in [0.5, 0.6) is 0 Å². The van der Waals surface area contributed by atoms with Crippen molar-refractivity contribution in [3.05, 3.63) is 71.3 Å². The largest absolute Gasteiger partial charge is 0.345 e. The number of urea groups is 1. The summed E-state index contributed by atoms with van der Waals surface area (Å²) in [5, 5.41) is 0.985. The summed E-state index contributed by atoms with van der Waals surface area (Å²) in [5.74, 6) is 2.96. The van der Waals surface area contributed by atoms with Crippen LogP contribution in [-0.2, 0) is 17.9 Å². The van der Waals surface area contributed by atoms with Crippen molar-refractivity contribution in [2.75, 3.05) is 19.6 Å². The number of fused-ring (bicyclic) bond motifs is 1. The number of rotatable bonds is 2. The zero-order valence-corrected chi connectivity index (χ0v) is 21.3. The maximum absolute atomic E-state index is 13.4. The molecule has 0 spiro atoms. The van der Waals surface area contributed by atoms with E-state index >= 15 is 0 Å². The second-order valence-corrected chi connectivity index (χ2v) is 10.5. The van der Waals surface area contributed by atoms with Gasteiger partial charge in [-0.1, -0.05) is 12.0 Å². The maximum atomic E-state index is 13.4. The van der Waals surface area contributed by atoms with E-state index in [-0.39, 0.29) is 11.8 Å². The zero-order chi connectivity index (χ0) is 25.8. The van der Waals surface area contributed by atoms with Gasteiger partial charge in [0, 0.05) is 73.6 Å². The van der Waals surface area contributed by atoms with Crippen molar-refractivity contribution in [2.24, 2.45) is 0 Å². The summed E-state index contributed by atoms with van der Waals surface area (Å²) in [6, 6.07) is 10.1. The number of likely N-dealkylation sites (tertiary alicyclic amines) is 1. The topological polar surface area (TPSA) is 62.9 Å². The van der Waals surface area contributed by atoms with Crippen LogP contribution in [0.1, 0.15) is 54.5 Å². The van der Waals surface area contributed by atoms with Gasteiger partial charge in [0.05, 0.1) is 17.4 Å². The third-order valence-electron chi connectivity index (χ3n) is 8.27. The molecular weight excluding hydrogens is 474 g/mol. The Morgan fingerprint density at radius 2 is 1.87 bits per heavy atom. The number of hydrogen-bond acceptors (Lipinski definition) is 3. The molecule has 5 heterocycles. The number of terminal acetylenes is 1. The molecular formula is C31H29N5O2. The van der Waals surface area contributed by atoms with Crippen LogP contribution in [0.15, 0.2) is 48.9 Å². The lowest BCUT2D eigenvalue weighted by atomic mass is 9.96. The highest BCUT2D eigenvalue weighted by atomic mass is 16.2. The molecule has 3 aliphatic rings. The van der Waals surface area contributed by atoms with E-state index in [9.17, 15) is 9.59 Å². The van der Waals surface area contributed by atoms with E-state index < -0.39 is 0 Å². The van der Waals surface area contributed by atoms with Gasteiger partial charge in [-0.25, -0.2) is 9.78 Å². The Balaban J connectivity index is 1.37. The van der Waals surface area contributed by atoms with E-state index in [2.05, 4.69) is 26.1 Å². The quantitative estimate of drug-likeness (QED) is 0.363. The van der Waals surface area contributed by atoms with E-state index in [1.165, 1.54) is 6.42 Å². The highest BCUT2D eigenvalue weighted by Gasteiger charge is 2.32. The lowest BCUT2D eigenvalue weighted by Gasteiger charge is -2.32. The molecule has 0 saturated carbocycles. The van der Waals surface area contributed by atoms with E-state index in [1.54, 1.807) is 0 Å². The normalized spacial score (nSPS) is 17.9. The fourth-order valence-electron chi connectivity index (χ4n) is 6.45. The van der Waals surface area contributed by atoms with Crippen molar-refractivity contribution in [3.63, 3.8) is 0 Å². The summed E-state index contributed by atoms with van der Waals surface area (Å²) in [5.41, 5.74) is 7.41. The minimum absolute atomic E-state index is 0.110. The molecule has 0 bridgehead atoms. The Labute approximate surface area is 221 Å². The maximum Gasteiger partial charge on any atom is 0.320 e. The van der Waals surface area contributed by atoms with Crippen molar-refractivity contribution in [1.82, 2.24) is 23.8 Å². The third kappa shape index (κ3) is 3.55. The average Bonchev–Trinajstić information content (AvgIpc) is 3.61. The first-order valence-electron chi connectivity index (χ1n) is 13.5. The molecule has 2 aliphatic heterocycles. The molecule has 4 aromatic rings. The number of carbonyl (C=O) groups excluding carboxylic acids is 2. The molecule has 7 nitrogen and oxygen atoms in total. The Hall–Kier alpha value is -4.31. The minimum Gasteiger partial charge on any atom is -0.345 e. The first kappa shape index (κ1) is 22.9. The van der Waals surface area contributed by atoms with Crippen LogP contribution in [0.4, 0.5) is 4.79 Å². The van der Waals surface area contributed by atoms with E-state index in [1.807, 2.05) is 52.5 Å². The van der Waals surface area contributed by atoms with Gasteiger partial charge in [-0.05, 0) is 61.1 Å². The number of carbonyl (C=O) groups is 2. The lowest BCUT2D eigenvalue weighted by Crippen LogP contribution is -2.45. The van der Waals surface area contributed by atoms with E-state index in [0.717, 1.165) is 76.0 Å². The SMILES string of the molecule is C#Cc1cc2c3c(c1)c(C1=C(c4cnc5ccccn45)CCC1=O)cn3CCN(C(=O)N1CCCCC1)C2. The molecule has 0 radical (unpaired) electrons. The van der Waals surface area contributed by atoms with E-state index in [0.29, 0.717) is 32.5 Å². The Morgan fingerprint density at radius 1 is 1.00 bits per heavy atom. The summed E-state index contributed by atoms with van der Waals surface area (Å²) in [6.45, 7) is 3.45. The number of piperidine rings is 1. The van der Waals surface area contributed by atoms with Crippen LogP contribution in [0.3, 0.4) is 0 Å². The summed E-state index contributed by atoms with van der Waals surface area (Å²) < 4.78 is 4.27. The van der Waals surface area contributed by atoms with Gasteiger partial charge in [-0.2, -0.15) is 0 Å². The molecule has 190 valence electrons. The monoisotopic (exact) mass is 503 g/mol. The second-order valence-electron chi connectivity index (χ2n) is 10.5. The summed E-state index contributed by atoms with van der Waals surface area (Å²) in [4.78, 5) is 35.3. The van der Waals surface area contributed by atoms with Gasteiger partial charge in [0.2, 0.25) is 0 Å². The first-order valence-corrected chi connectivity index (χ1v) is 13.5. The molecule has 1 saturated heterocycles. The molecule has 7 rings (SSSR count). The minimum atomic E-state index is 0.110. The third-order valence-corrected chi connectivity index (χ3v) is 8.27. The van der Waals surface area contributed by atoms with Crippen LogP contribution in [0, 0.1) is 12.3 Å². The van der Waals surface area contributed by atoms with Gasteiger partial charge < -0.3 is 14.4 Å². The van der Waals surface area contributed by atoms with Crippen LogP contribution in [0.2, 0.25) is 0 Å². The molecule has 2 amide bonds. The molecule has 0 N–H and O–H groups in total. The van der Waals surface area contributed by atoms with Crippen molar-refractivity contribution in [3.8, 4) is 12.3 Å². The molecule has 1 aliphatic carbocycles. The average molecular weight is 504 g/mol. The Bertz CT molecular complexity index is 1690. The molecule has 1 fully saturated rings. The standard InChI is InChI=1S/C31H29N5O2/c1-2-21-16-22-19-35(31(38)33-11-5-3-6-12-33)15-14-34-20-25(24(17-21)30(22)34)29-23(9-10-27(29)37)26-18-32-28-8-4-7-13-36(26)28/h1,4,7-8,13,16-18,20H,3,5-6,9-12,14-15,19H2. The molecule has 1 aromatic carbocycles. The van der Waals surface area contributed by atoms with Crippen molar-refractivity contribution in [1.29, 1.82) is 0 Å². The number of nitrogens with zero attached hydrogens (tertiary/aromatic N) is 5. The highest BCUT2D eigenvalue weighted by molar-refractivity contribution is 6.33. The van der Waals surface area contributed by atoms with Crippen molar-refractivity contribution in [2.45, 2.75) is 45.2 Å². The van der Waals surface area contributed by atoms with Crippen molar-refractivity contribution >= 4 is 39.5 Å². The van der Waals surface area contributed by atoms with Gasteiger partial charge in [0.25, 0.3) is 0 Å². The number of ketones is 1. The zero-order valence-electron chi connectivity index (χ0n) is 21.3. The van der Waals surface area contributed by atoms with Crippen LogP contribution < -0.4 is 0 Å². The Morgan fingerprint density at radius 3 is 2.71 bits per heavy atom. The number of Topliss-reactive ketones (excluding diaryl/α,β-unsaturated/α-hetero) is 1. The molecule has 3 aromatic heterocycles. The number of allylic oxidation sites excluding steroid dienone is 2. The van der Waals surface area contributed by atoms with Crippen molar-refractivity contribution < 1.29 is 9.59 Å². The highest BCUT2D eigenvalue weighted by Crippen LogP contribution is 2.42. The summed E-state index contributed by atoms with van der Waals surface area (Å²) >= 11 is 0. The number of benzene rings is 1. The van der Waals surface area contributed by atoms with Gasteiger partial charge in [0.15, 0.2) is 5.78 Å². The van der Waals surface area contributed by atoms with Gasteiger partial charge >= 0.3 is 6.03 Å².